The molecule has 7 heteroatoms. The molecule has 1 fully saturated rings. The average molecular weight is 540 g/mol. The van der Waals surface area contributed by atoms with Crippen LogP contribution in [0.4, 0.5) is 0 Å². The van der Waals surface area contributed by atoms with Crippen molar-refractivity contribution in [3.8, 4) is 0 Å². The molecule has 37 heavy (non-hydrogen) atoms. The van der Waals surface area contributed by atoms with Crippen molar-refractivity contribution < 1.29 is 19.7 Å². The van der Waals surface area contributed by atoms with Crippen LogP contribution in [0.1, 0.15) is 59.3 Å². The van der Waals surface area contributed by atoms with Crippen molar-refractivity contribution >= 4 is 29.1 Å². The summed E-state index contributed by atoms with van der Waals surface area (Å²) in [6.45, 7) is 4.22. The van der Waals surface area contributed by atoms with E-state index in [2.05, 4.69) is 0 Å². The molecule has 3 aromatic rings. The molecule has 1 heterocycles. The van der Waals surface area contributed by atoms with E-state index in [4.69, 9.17) is 27.9 Å². The lowest BCUT2D eigenvalue weighted by Gasteiger charge is -2.43. The third-order valence-corrected chi connectivity index (χ3v) is 8.26. The maximum Gasteiger partial charge on any atom is 0.257 e. The summed E-state index contributed by atoms with van der Waals surface area (Å²) in [6, 6.07) is 20.3. The lowest BCUT2D eigenvalue weighted by atomic mass is 9.74. The molecule has 3 aromatic carbocycles. The molecule has 2 N–H and O–H groups in total. The summed E-state index contributed by atoms with van der Waals surface area (Å²) in [7, 11) is 0. The van der Waals surface area contributed by atoms with Crippen molar-refractivity contribution in [2.45, 2.75) is 44.6 Å². The largest absolute Gasteiger partial charge is 0.396 e. The number of aliphatic hydroxyl groups excluding tert-OH is 1. The fourth-order valence-electron chi connectivity index (χ4n) is 5.34. The molecule has 0 aromatic heterocycles. The van der Waals surface area contributed by atoms with Crippen LogP contribution in [0.5, 0.6) is 0 Å². The molecule has 1 aliphatic carbocycles. The summed E-state index contributed by atoms with van der Waals surface area (Å²) >= 11 is 12.4. The second kappa shape index (κ2) is 10.0. The van der Waals surface area contributed by atoms with Crippen LogP contribution in [0.2, 0.25) is 10.0 Å². The Morgan fingerprint density at radius 2 is 1.59 bits per heavy atom. The molecule has 194 valence electrons. The van der Waals surface area contributed by atoms with E-state index in [0.717, 1.165) is 29.5 Å². The first-order chi connectivity index (χ1) is 17.6. The second-order valence-corrected chi connectivity index (χ2v) is 11.5. The molecular weight excluding hydrogens is 509 g/mol. The molecule has 0 unspecified atom stereocenters. The number of carbonyl (C=O) groups is 1. The van der Waals surface area contributed by atoms with Crippen LogP contribution < -0.4 is 0 Å². The molecule has 5 nitrogen and oxygen atoms in total. The Labute approximate surface area is 227 Å². The van der Waals surface area contributed by atoms with Gasteiger partial charge in [-0.2, -0.15) is 0 Å². The molecule has 0 spiro atoms. The number of rotatable bonds is 8. The minimum Gasteiger partial charge on any atom is -0.396 e. The summed E-state index contributed by atoms with van der Waals surface area (Å²) in [5.74, 6) is 0.223. The van der Waals surface area contributed by atoms with Crippen LogP contribution in [0, 0.1) is 11.8 Å². The van der Waals surface area contributed by atoms with E-state index < -0.39 is 11.3 Å². The molecule has 0 saturated heterocycles. The predicted molar refractivity (Wildman–Crippen MR) is 144 cm³/mol. The quantitative estimate of drug-likeness (QED) is 0.362. The zero-order chi connectivity index (χ0) is 26.4. The van der Waals surface area contributed by atoms with Crippen LogP contribution in [-0.4, -0.2) is 34.2 Å². The minimum absolute atomic E-state index is 0.126. The third kappa shape index (κ3) is 4.80. The van der Waals surface area contributed by atoms with E-state index in [0.29, 0.717) is 34.3 Å². The monoisotopic (exact) mass is 539 g/mol. The zero-order valence-electron chi connectivity index (χ0n) is 21.0. The number of hydrogen-bond acceptors (Lipinski definition) is 4. The maximum absolute atomic E-state index is 14.1. The van der Waals surface area contributed by atoms with Crippen LogP contribution in [0.25, 0.3) is 0 Å². The normalized spacial score (nSPS) is 23.2. The zero-order valence-corrected chi connectivity index (χ0v) is 22.5. The molecular formula is C30H31Cl2NO4. The van der Waals surface area contributed by atoms with Gasteiger partial charge in [-0.3, -0.25) is 9.69 Å². The molecule has 0 radical (unpaired) electrons. The molecule has 0 bridgehead atoms. The summed E-state index contributed by atoms with van der Waals surface area (Å²) in [4.78, 5) is 15.9. The highest BCUT2D eigenvalue weighted by Crippen LogP contribution is 2.48. The number of carbonyl (C=O) groups excluding carboxylic acids is 1. The van der Waals surface area contributed by atoms with Crippen molar-refractivity contribution in [2.75, 3.05) is 13.2 Å². The van der Waals surface area contributed by atoms with E-state index in [1.165, 1.54) is 0 Å². The molecule has 1 amide bonds. The van der Waals surface area contributed by atoms with Gasteiger partial charge in [-0.1, -0.05) is 59.6 Å². The summed E-state index contributed by atoms with van der Waals surface area (Å²) < 4.78 is 6.85. The number of amides is 1. The Morgan fingerprint density at radius 3 is 2.16 bits per heavy atom. The van der Waals surface area contributed by atoms with Crippen molar-refractivity contribution in [1.29, 1.82) is 0 Å². The van der Waals surface area contributed by atoms with Gasteiger partial charge in [-0.05, 0) is 80.0 Å². The summed E-state index contributed by atoms with van der Waals surface area (Å²) in [6.07, 6.45) is 1.94. The van der Waals surface area contributed by atoms with E-state index in [-0.39, 0.29) is 24.3 Å². The van der Waals surface area contributed by atoms with Crippen LogP contribution in [-0.2, 0) is 22.6 Å². The van der Waals surface area contributed by atoms with Gasteiger partial charge in [0, 0.05) is 39.9 Å². The minimum atomic E-state index is -1.20. The van der Waals surface area contributed by atoms with E-state index in [9.17, 15) is 15.0 Å². The standard InChI is InChI=1S/C30H31Cl2NO4/c1-29(2,36)23-9-14-27-26(15-23)28(35)33(16-19-3-10-24(31)11-4-19)30(27,22-7-12-25(32)13-8-22)37-18-21-6-5-20(21)17-34/h3-4,7-15,20-21,34,36H,5-6,16-18H2,1-2H3/t20-,21+,30-/m1/s1. The van der Waals surface area contributed by atoms with E-state index in [1.807, 2.05) is 48.5 Å². The Bertz CT molecular complexity index is 1280. The first-order valence-corrected chi connectivity index (χ1v) is 13.3. The highest BCUT2D eigenvalue weighted by molar-refractivity contribution is 6.30. The third-order valence-electron chi connectivity index (χ3n) is 7.75. The number of benzene rings is 3. The van der Waals surface area contributed by atoms with E-state index in [1.54, 1.807) is 36.9 Å². The van der Waals surface area contributed by atoms with Crippen molar-refractivity contribution in [3.63, 3.8) is 0 Å². The Morgan fingerprint density at radius 1 is 0.973 bits per heavy atom. The molecule has 5 rings (SSSR count). The first-order valence-electron chi connectivity index (χ1n) is 12.6. The lowest BCUT2D eigenvalue weighted by molar-refractivity contribution is -0.138. The number of nitrogens with zero attached hydrogens (tertiary/aromatic N) is 1. The fraction of sp³-hybridized carbons (Fsp3) is 0.367. The van der Waals surface area contributed by atoms with Gasteiger partial charge in [0.1, 0.15) is 0 Å². The van der Waals surface area contributed by atoms with Gasteiger partial charge in [0.15, 0.2) is 5.72 Å². The van der Waals surface area contributed by atoms with Gasteiger partial charge in [0.05, 0.1) is 12.2 Å². The van der Waals surface area contributed by atoms with Crippen molar-refractivity contribution in [1.82, 2.24) is 4.90 Å². The second-order valence-electron chi connectivity index (χ2n) is 10.6. The first kappa shape index (κ1) is 26.2. The predicted octanol–water partition coefficient (Wildman–Crippen LogP) is 6.11. The van der Waals surface area contributed by atoms with E-state index >= 15 is 0 Å². The molecule has 1 aliphatic heterocycles. The maximum atomic E-state index is 14.1. The smallest absolute Gasteiger partial charge is 0.257 e. The Hall–Kier alpha value is -2.41. The van der Waals surface area contributed by atoms with Crippen molar-refractivity contribution in [3.05, 3.63) is 105 Å². The number of halogens is 2. The van der Waals surface area contributed by atoms with Gasteiger partial charge < -0.3 is 14.9 Å². The van der Waals surface area contributed by atoms with Gasteiger partial charge >= 0.3 is 0 Å². The van der Waals surface area contributed by atoms with Gasteiger partial charge in [-0.15, -0.1) is 0 Å². The van der Waals surface area contributed by atoms with Crippen LogP contribution in [0.3, 0.4) is 0 Å². The lowest BCUT2D eigenvalue weighted by Crippen LogP contribution is -2.48. The number of aliphatic hydroxyl groups is 2. The molecule has 1 saturated carbocycles. The fourth-order valence-corrected chi connectivity index (χ4v) is 5.59. The number of hydrogen-bond donors (Lipinski definition) is 2. The highest BCUT2D eigenvalue weighted by atomic mass is 35.5. The van der Waals surface area contributed by atoms with Crippen LogP contribution >= 0.6 is 23.2 Å². The average Bonchev–Trinajstić information content (AvgIpc) is 3.08. The van der Waals surface area contributed by atoms with Gasteiger partial charge in [-0.25, -0.2) is 0 Å². The summed E-state index contributed by atoms with van der Waals surface area (Å²) in [5, 5.41) is 21.7. The van der Waals surface area contributed by atoms with Crippen LogP contribution in [0.15, 0.2) is 66.7 Å². The Kier molecular flexibility index (Phi) is 7.12. The molecule has 3 atom stereocenters. The van der Waals surface area contributed by atoms with Crippen molar-refractivity contribution in [2.24, 2.45) is 11.8 Å². The molecule has 2 aliphatic rings. The van der Waals surface area contributed by atoms with Gasteiger partial charge in [0.2, 0.25) is 0 Å². The topological polar surface area (TPSA) is 70.0 Å². The highest BCUT2D eigenvalue weighted by Gasteiger charge is 2.53. The number of fused-ring (bicyclic) bond motifs is 1. The Balaban J connectivity index is 1.67. The summed E-state index contributed by atoms with van der Waals surface area (Å²) in [5.41, 5.74) is 1.25. The SMILES string of the molecule is CC(C)(O)c1ccc2c(c1)C(=O)N(Cc1ccc(Cl)cc1)[C@@]2(OC[C@@H]1CC[C@@H]1CO)c1ccc(Cl)cc1. The number of ether oxygens (including phenoxy) is 1. The van der Waals surface area contributed by atoms with Gasteiger partial charge in [0.25, 0.3) is 5.91 Å².